The van der Waals surface area contributed by atoms with Crippen LogP contribution >= 0.6 is 0 Å². The second-order valence-corrected chi connectivity index (χ2v) is 5.51. The van der Waals surface area contributed by atoms with Gasteiger partial charge in [0.05, 0.1) is 12.7 Å². The first-order valence-electron chi connectivity index (χ1n) is 6.93. The zero-order valence-corrected chi connectivity index (χ0v) is 11.8. The number of hydrogen-bond donors (Lipinski definition) is 7. The van der Waals surface area contributed by atoms with E-state index in [1.807, 2.05) is 0 Å². The molecule has 10 nitrogen and oxygen atoms in total. The maximum absolute atomic E-state index is 9.93. The number of rotatable bonds is 3. The monoisotopic (exact) mass is 326 g/mol. The minimum Gasteiger partial charge on any atom is -0.394 e. The van der Waals surface area contributed by atoms with Gasteiger partial charge in [0.25, 0.3) is 0 Å². The molecule has 7 N–H and O–H groups in total. The SMILES string of the molecule is CC1O[C@@H](OC2[C@H](O)OC(CO)[C@H](O)[C@@H]2O)[C@@H](O)C(O)[C@@H]1O. The molecular formula is C12H22O10. The van der Waals surface area contributed by atoms with Crippen LogP contribution in [-0.2, 0) is 14.2 Å². The van der Waals surface area contributed by atoms with E-state index < -0.39 is 68.0 Å². The highest BCUT2D eigenvalue weighted by molar-refractivity contribution is 4.92. The standard InChI is InChI=1S/C12H22O10/c1-3-5(14)7(16)9(18)12(20-3)22-10-8(17)6(15)4(2-13)21-11(10)19/h3-19H,2H2,1H3/t3?,4?,5-,6+,7?,8+,9+,10?,11-,12+/m1/s1. The molecule has 0 bridgehead atoms. The van der Waals surface area contributed by atoms with Crippen molar-refractivity contribution >= 4 is 0 Å². The molecule has 0 saturated carbocycles. The first-order chi connectivity index (χ1) is 10.3. The van der Waals surface area contributed by atoms with Crippen LogP contribution in [0.4, 0.5) is 0 Å². The topological polar surface area (TPSA) is 169 Å². The van der Waals surface area contributed by atoms with Crippen molar-refractivity contribution in [1.29, 1.82) is 0 Å². The van der Waals surface area contributed by atoms with Crippen molar-refractivity contribution in [1.82, 2.24) is 0 Å². The molecule has 0 aliphatic carbocycles. The summed E-state index contributed by atoms with van der Waals surface area (Å²) < 4.78 is 15.3. The molecule has 2 saturated heterocycles. The average Bonchev–Trinajstić information content (AvgIpc) is 2.49. The van der Waals surface area contributed by atoms with Crippen molar-refractivity contribution in [2.45, 2.75) is 68.3 Å². The molecule has 2 aliphatic rings. The highest BCUT2D eigenvalue weighted by Gasteiger charge is 2.49. The molecule has 0 aromatic rings. The van der Waals surface area contributed by atoms with Crippen molar-refractivity contribution in [2.75, 3.05) is 6.61 Å². The van der Waals surface area contributed by atoms with Gasteiger partial charge in [0, 0.05) is 0 Å². The summed E-state index contributed by atoms with van der Waals surface area (Å²) in [6, 6.07) is 0. The van der Waals surface area contributed by atoms with Crippen LogP contribution in [0.2, 0.25) is 0 Å². The van der Waals surface area contributed by atoms with E-state index in [4.69, 9.17) is 19.3 Å². The van der Waals surface area contributed by atoms with Gasteiger partial charge in [0.1, 0.15) is 42.7 Å². The maximum atomic E-state index is 9.93. The lowest BCUT2D eigenvalue weighted by molar-refractivity contribution is -0.358. The number of ether oxygens (including phenoxy) is 3. The van der Waals surface area contributed by atoms with Crippen molar-refractivity contribution in [3.63, 3.8) is 0 Å². The molecule has 2 aliphatic heterocycles. The minimum absolute atomic E-state index is 0.619. The van der Waals surface area contributed by atoms with Crippen molar-refractivity contribution in [3.05, 3.63) is 0 Å². The Morgan fingerprint density at radius 3 is 2.05 bits per heavy atom. The van der Waals surface area contributed by atoms with E-state index in [1.54, 1.807) is 0 Å². The van der Waals surface area contributed by atoms with E-state index in [0.717, 1.165) is 0 Å². The lowest BCUT2D eigenvalue weighted by Crippen LogP contribution is -2.63. The van der Waals surface area contributed by atoms with Crippen LogP contribution in [0.15, 0.2) is 0 Å². The van der Waals surface area contributed by atoms with Gasteiger partial charge in [-0.05, 0) is 6.92 Å². The van der Waals surface area contributed by atoms with Gasteiger partial charge in [0.15, 0.2) is 12.6 Å². The molecule has 0 aromatic heterocycles. The first kappa shape index (κ1) is 17.9. The van der Waals surface area contributed by atoms with Gasteiger partial charge in [0.2, 0.25) is 0 Å². The van der Waals surface area contributed by atoms with E-state index in [-0.39, 0.29) is 0 Å². The zero-order chi connectivity index (χ0) is 16.6. The smallest absolute Gasteiger partial charge is 0.187 e. The minimum atomic E-state index is -1.69. The number of aliphatic hydroxyl groups excluding tert-OH is 7. The molecule has 2 fully saturated rings. The van der Waals surface area contributed by atoms with Crippen molar-refractivity contribution in [2.24, 2.45) is 0 Å². The Kier molecular flexibility index (Phi) is 5.72. The van der Waals surface area contributed by atoms with E-state index in [2.05, 4.69) is 0 Å². The Hall–Kier alpha value is -0.400. The van der Waals surface area contributed by atoms with Crippen LogP contribution in [0, 0.1) is 0 Å². The van der Waals surface area contributed by atoms with Crippen molar-refractivity contribution in [3.8, 4) is 0 Å². The lowest BCUT2D eigenvalue weighted by Gasteiger charge is -2.44. The van der Waals surface area contributed by atoms with Gasteiger partial charge in [-0.3, -0.25) is 0 Å². The molecule has 130 valence electrons. The Morgan fingerprint density at radius 2 is 1.45 bits per heavy atom. The summed E-state index contributed by atoms with van der Waals surface area (Å²) in [6.07, 6.45) is -14.3. The second kappa shape index (κ2) is 7.01. The molecule has 2 heterocycles. The third kappa shape index (κ3) is 3.26. The van der Waals surface area contributed by atoms with Crippen molar-refractivity contribution < 1.29 is 50.0 Å². The fourth-order valence-corrected chi connectivity index (χ4v) is 2.50. The number of hydrogen-bond acceptors (Lipinski definition) is 10. The highest BCUT2D eigenvalue weighted by Crippen LogP contribution is 2.28. The fraction of sp³-hybridized carbons (Fsp3) is 1.00. The summed E-state index contributed by atoms with van der Waals surface area (Å²) in [7, 11) is 0. The van der Waals surface area contributed by atoms with Crippen LogP contribution in [0.5, 0.6) is 0 Å². The molecule has 10 atom stereocenters. The van der Waals surface area contributed by atoms with Crippen LogP contribution in [0.25, 0.3) is 0 Å². The third-order valence-electron chi connectivity index (χ3n) is 3.94. The molecular weight excluding hydrogens is 304 g/mol. The van der Waals surface area contributed by atoms with Crippen LogP contribution < -0.4 is 0 Å². The second-order valence-electron chi connectivity index (χ2n) is 5.51. The van der Waals surface area contributed by atoms with Crippen LogP contribution in [0.3, 0.4) is 0 Å². The first-order valence-corrected chi connectivity index (χ1v) is 6.93. The molecule has 22 heavy (non-hydrogen) atoms. The summed E-state index contributed by atoms with van der Waals surface area (Å²) in [4.78, 5) is 0. The molecule has 0 spiro atoms. The van der Waals surface area contributed by atoms with E-state index in [0.29, 0.717) is 0 Å². The van der Waals surface area contributed by atoms with Gasteiger partial charge >= 0.3 is 0 Å². The molecule has 10 heteroatoms. The number of aliphatic hydroxyl groups is 7. The van der Waals surface area contributed by atoms with E-state index in [1.165, 1.54) is 6.92 Å². The molecule has 0 radical (unpaired) electrons. The largest absolute Gasteiger partial charge is 0.394 e. The normalized spacial score (nSPS) is 53.5. The highest BCUT2D eigenvalue weighted by atomic mass is 16.7. The van der Waals surface area contributed by atoms with Gasteiger partial charge in [-0.25, -0.2) is 0 Å². The van der Waals surface area contributed by atoms with E-state index >= 15 is 0 Å². The Bertz CT molecular complexity index is 368. The molecule has 4 unspecified atom stereocenters. The fourth-order valence-electron chi connectivity index (χ4n) is 2.50. The van der Waals surface area contributed by atoms with Crippen LogP contribution in [0.1, 0.15) is 6.92 Å². The van der Waals surface area contributed by atoms with Gasteiger partial charge in [-0.1, -0.05) is 0 Å². The summed E-state index contributed by atoms with van der Waals surface area (Å²) in [5, 5.41) is 67.5. The molecule has 2 rings (SSSR count). The zero-order valence-electron chi connectivity index (χ0n) is 11.8. The summed E-state index contributed by atoms with van der Waals surface area (Å²) >= 11 is 0. The van der Waals surface area contributed by atoms with Crippen LogP contribution in [-0.4, -0.2) is 104 Å². The van der Waals surface area contributed by atoms with E-state index in [9.17, 15) is 30.6 Å². The molecule has 0 aromatic carbocycles. The summed E-state index contributed by atoms with van der Waals surface area (Å²) in [6.45, 7) is 0.823. The third-order valence-corrected chi connectivity index (χ3v) is 3.94. The summed E-state index contributed by atoms with van der Waals surface area (Å²) in [5.41, 5.74) is 0. The quantitative estimate of drug-likeness (QED) is 0.269. The van der Waals surface area contributed by atoms with Gasteiger partial charge in [-0.15, -0.1) is 0 Å². The Morgan fingerprint density at radius 1 is 0.818 bits per heavy atom. The average molecular weight is 326 g/mol. The predicted molar refractivity (Wildman–Crippen MR) is 67.2 cm³/mol. The molecule has 0 amide bonds. The lowest BCUT2D eigenvalue weighted by atomic mass is 9.97. The van der Waals surface area contributed by atoms with Gasteiger partial charge < -0.3 is 50.0 Å². The summed E-state index contributed by atoms with van der Waals surface area (Å²) in [5.74, 6) is 0. The predicted octanol–water partition coefficient (Wildman–Crippen LogP) is -4.37. The maximum Gasteiger partial charge on any atom is 0.187 e. The Labute approximate surface area is 126 Å². The Balaban J connectivity index is 2.06. The van der Waals surface area contributed by atoms with Gasteiger partial charge in [-0.2, -0.15) is 0 Å².